The maximum atomic E-state index is 4.48. The summed E-state index contributed by atoms with van der Waals surface area (Å²) in [6, 6.07) is 2.28. The van der Waals surface area contributed by atoms with E-state index in [0.717, 1.165) is 6.42 Å². The second kappa shape index (κ2) is 12.8. The number of hydrogen-bond acceptors (Lipinski definition) is 0. The average molecular weight is 446 g/mol. The summed E-state index contributed by atoms with van der Waals surface area (Å²) in [7, 11) is 0. The summed E-state index contributed by atoms with van der Waals surface area (Å²) in [5.41, 5.74) is 0. The van der Waals surface area contributed by atoms with Gasteiger partial charge in [-0.15, -0.1) is 30.2 Å². The summed E-state index contributed by atoms with van der Waals surface area (Å²) >= 11 is 7.38. The van der Waals surface area contributed by atoms with E-state index in [9.17, 15) is 0 Å². The van der Waals surface area contributed by atoms with Crippen LogP contribution in [0.15, 0.2) is 12.2 Å². The van der Waals surface area contributed by atoms with Crippen LogP contribution in [0, 0.1) is 0 Å². The zero-order valence-corrected chi connectivity index (χ0v) is 16.4. The van der Waals surface area contributed by atoms with Crippen molar-refractivity contribution in [2.24, 2.45) is 0 Å². The van der Waals surface area contributed by atoms with Gasteiger partial charge < -0.3 is 10.6 Å². The molecule has 4 unspecified atom stereocenters. The van der Waals surface area contributed by atoms with Gasteiger partial charge in [0.25, 0.3) is 0 Å². The molecule has 0 radical (unpaired) electrons. The molecule has 0 saturated carbocycles. The van der Waals surface area contributed by atoms with Gasteiger partial charge in [-0.3, -0.25) is 0 Å². The zero-order valence-electron chi connectivity index (χ0n) is 12.2. The maximum absolute atomic E-state index is 4.48. The first-order valence-electron chi connectivity index (χ1n) is 6.87. The molecule has 2 heterocycles. The third-order valence-corrected chi connectivity index (χ3v) is 3.13. The minimum atomic E-state index is 0.457. The van der Waals surface area contributed by atoms with E-state index in [0.29, 0.717) is 24.2 Å². The van der Waals surface area contributed by atoms with Gasteiger partial charge in [0.15, 0.2) is 0 Å². The van der Waals surface area contributed by atoms with E-state index in [1.165, 1.54) is 30.6 Å². The van der Waals surface area contributed by atoms with Gasteiger partial charge >= 0.3 is 39.6 Å². The van der Waals surface area contributed by atoms with E-state index in [-0.39, 0.29) is 0 Å². The summed E-state index contributed by atoms with van der Waals surface area (Å²) in [4.78, 5) is 0. The van der Waals surface area contributed by atoms with E-state index in [1.807, 2.05) is 0 Å². The van der Waals surface area contributed by atoms with Gasteiger partial charge in [-0.25, -0.2) is 0 Å². The van der Waals surface area contributed by atoms with Crippen LogP contribution in [-0.2, 0) is 11.3 Å². The standard InChI is InChI=1S/C7H14N.C7H12N.2BrH.Cu/c2*1-6-4-3-5-7(2)8-6;;;/h6-7H,3-5H2,1-2H3;3-4,6-7H,5H2,1-2H3;2*1H;/q2*-1;;;+2/p-2. The van der Waals surface area contributed by atoms with Crippen LogP contribution in [0.4, 0.5) is 0 Å². The van der Waals surface area contributed by atoms with Gasteiger partial charge in [0, 0.05) is 0 Å². The third-order valence-electron chi connectivity index (χ3n) is 3.13. The monoisotopic (exact) mass is 443 g/mol. The molecule has 2 rings (SSSR count). The van der Waals surface area contributed by atoms with Crippen molar-refractivity contribution in [3.63, 3.8) is 0 Å². The summed E-state index contributed by atoms with van der Waals surface area (Å²) in [5.74, 6) is 0. The van der Waals surface area contributed by atoms with E-state index >= 15 is 0 Å². The van der Waals surface area contributed by atoms with Crippen molar-refractivity contribution in [3.8, 4) is 0 Å². The van der Waals surface area contributed by atoms with Crippen LogP contribution in [0.5, 0.6) is 0 Å². The summed E-state index contributed by atoms with van der Waals surface area (Å²) in [6.07, 6.45) is 9.49. The fraction of sp³-hybridized carbons (Fsp3) is 0.857. The number of piperidine rings is 1. The molecule has 0 aromatic rings. The molecule has 2 aliphatic heterocycles. The SMILES string of the molecule is CC1C=CCC(C)[N-]1.CC1CCCC(C)[N-]1.[Br][Cu][Br]. The summed E-state index contributed by atoms with van der Waals surface area (Å²) in [5, 5.41) is 8.88. The zero-order chi connectivity index (χ0) is 14.7. The predicted molar refractivity (Wildman–Crippen MR) is 90.0 cm³/mol. The second-order valence-electron chi connectivity index (χ2n) is 5.22. The number of halogens is 2. The Balaban J connectivity index is 0.000000284. The molecule has 1 saturated heterocycles. The molecular formula is C14H26Br2CuN2-2. The van der Waals surface area contributed by atoms with Crippen molar-refractivity contribution >= 4 is 28.2 Å². The van der Waals surface area contributed by atoms with Gasteiger partial charge in [0.1, 0.15) is 0 Å². The molecule has 5 heteroatoms. The molecule has 0 N–H and O–H groups in total. The van der Waals surface area contributed by atoms with Crippen molar-refractivity contribution in [3.05, 3.63) is 22.8 Å². The Hall–Kier alpha value is 1.14. The molecule has 0 spiro atoms. The van der Waals surface area contributed by atoms with E-state index in [2.05, 4.69) is 78.7 Å². The number of nitrogens with zero attached hydrogens (tertiary/aromatic N) is 2. The topological polar surface area (TPSA) is 28.2 Å². The molecule has 0 aromatic carbocycles. The van der Waals surface area contributed by atoms with Crippen molar-refractivity contribution in [2.45, 2.75) is 77.5 Å². The normalized spacial score (nSPS) is 33.8. The van der Waals surface area contributed by atoms with Crippen molar-refractivity contribution in [1.29, 1.82) is 0 Å². The van der Waals surface area contributed by atoms with E-state index in [1.54, 1.807) is 0 Å². The first kappa shape index (κ1) is 20.1. The molecule has 19 heavy (non-hydrogen) atoms. The van der Waals surface area contributed by atoms with Crippen LogP contribution in [0.3, 0.4) is 0 Å². The van der Waals surface area contributed by atoms with Crippen molar-refractivity contribution in [2.75, 3.05) is 0 Å². The fourth-order valence-corrected chi connectivity index (χ4v) is 2.28. The number of rotatable bonds is 0. The molecule has 0 aromatic heterocycles. The van der Waals surface area contributed by atoms with Crippen LogP contribution in [0.2, 0.25) is 0 Å². The minimum absolute atomic E-state index is 0.457. The molecule has 1 fully saturated rings. The Labute approximate surface area is 139 Å². The molecule has 0 amide bonds. The van der Waals surface area contributed by atoms with E-state index < -0.39 is 0 Å². The van der Waals surface area contributed by atoms with Crippen LogP contribution >= 0.6 is 28.2 Å². The molecule has 4 atom stereocenters. The summed E-state index contributed by atoms with van der Waals surface area (Å²) in [6.45, 7) is 8.68. The van der Waals surface area contributed by atoms with Gasteiger partial charge in [-0.2, -0.15) is 0 Å². The predicted octanol–water partition coefficient (Wildman–Crippen LogP) is 6.11. The molecule has 2 aliphatic rings. The van der Waals surface area contributed by atoms with Crippen LogP contribution in [-0.4, -0.2) is 24.2 Å². The number of hydrogen-bond donors (Lipinski definition) is 0. The molecular weight excluding hydrogens is 420 g/mol. The quantitative estimate of drug-likeness (QED) is 0.318. The molecule has 2 nitrogen and oxygen atoms in total. The first-order valence-corrected chi connectivity index (χ1v) is 11.5. The Morgan fingerprint density at radius 1 is 0.947 bits per heavy atom. The van der Waals surface area contributed by atoms with Crippen LogP contribution in [0.1, 0.15) is 53.4 Å². The first-order chi connectivity index (χ1) is 8.99. The Bertz CT molecular complexity index is 231. The average Bonchev–Trinajstić information content (AvgIpc) is 2.30. The van der Waals surface area contributed by atoms with Gasteiger partial charge in [-0.05, 0) is 0 Å². The van der Waals surface area contributed by atoms with Crippen molar-refractivity contribution in [1.82, 2.24) is 0 Å². The Morgan fingerprint density at radius 2 is 1.47 bits per heavy atom. The molecule has 0 aliphatic carbocycles. The third kappa shape index (κ3) is 12.6. The summed E-state index contributed by atoms with van der Waals surface area (Å²) < 4.78 is 0. The van der Waals surface area contributed by atoms with Gasteiger partial charge in [0.05, 0.1) is 0 Å². The Morgan fingerprint density at radius 3 is 1.74 bits per heavy atom. The van der Waals surface area contributed by atoms with Gasteiger partial charge in [-0.1, -0.05) is 59.5 Å². The van der Waals surface area contributed by atoms with Crippen LogP contribution < -0.4 is 0 Å². The van der Waals surface area contributed by atoms with Crippen molar-refractivity contribution < 1.29 is 11.3 Å². The Kier molecular flexibility index (Phi) is 13.6. The fourth-order valence-electron chi connectivity index (χ4n) is 2.28. The molecule has 119 valence electrons. The van der Waals surface area contributed by atoms with Gasteiger partial charge in [0.2, 0.25) is 0 Å². The molecule has 0 bridgehead atoms. The van der Waals surface area contributed by atoms with E-state index in [4.69, 9.17) is 0 Å². The van der Waals surface area contributed by atoms with Crippen LogP contribution in [0.25, 0.3) is 10.6 Å². The second-order valence-corrected chi connectivity index (χ2v) is 9.98.